The number of amides is 1. The van der Waals surface area contributed by atoms with Crippen molar-refractivity contribution < 1.29 is 9.21 Å². The number of oxazole rings is 1. The average Bonchev–Trinajstić information content (AvgIpc) is 2.77. The molecule has 0 aromatic carbocycles. The Kier molecular flexibility index (Phi) is 5.27. The summed E-state index contributed by atoms with van der Waals surface area (Å²) in [5.74, 6) is 2.03. The molecule has 22 heavy (non-hydrogen) atoms. The minimum atomic E-state index is -0.00940. The highest BCUT2D eigenvalue weighted by Crippen LogP contribution is 2.23. The Bertz CT molecular complexity index is 502. The van der Waals surface area contributed by atoms with Crippen molar-refractivity contribution in [3.8, 4) is 0 Å². The summed E-state index contributed by atoms with van der Waals surface area (Å²) in [6.45, 7) is 14.5. The molecule has 0 aliphatic carbocycles. The highest BCUT2D eigenvalue weighted by atomic mass is 16.4. The van der Waals surface area contributed by atoms with Crippen LogP contribution >= 0.6 is 0 Å². The lowest BCUT2D eigenvalue weighted by Crippen LogP contribution is -2.37. The number of carbonyl (C=O) groups excluding carboxylic acids is 1. The number of hydrogen-bond donors (Lipinski definition) is 0. The predicted molar refractivity (Wildman–Crippen MR) is 86.5 cm³/mol. The lowest BCUT2D eigenvalue weighted by molar-refractivity contribution is -0.134. The van der Waals surface area contributed by atoms with Gasteiger partial charge in [-0.15, -0.1) is 0 Å². The Labute approximate surface area is 133 Å². The van der Waals surface area contributed by atoms with Gasteiger partial charge in [-0.3, -0.25) is 9.69 Å². The second-order valence-electron chi connectivity index (χ2n) is 7.48. The summed E-state index contributed by atoms with van der Waals surface area (Å²) in [4.78, 5) is 20.8. The fourth-order valence-electron chi connectivity index (χ4n) is 2.64. The molecule has 5 heteroatoms. The van der Waals surface area contributed by atoms with Crippen LogP contribution in [0.3, 0.4) is 0 Å². The van der Waals surface area contributed by atoms with Crippen molar-refractivity contribution in [2.45, 2.75) is 53.0 Å². The molecule has 2 rings (SSSR count). The third kappa shape index (κ3) is 4.32. The number of aromatic nitrogens is 1. The van der Waals surface area contributed by atoms with Crippen LogP contribution in [-0.4, -0.2) is 46.9 Å². The molecule has 1 fully saturated rings. The van der Waals surface area contributed by atoms with Gasteiger partial charge in [0.1, 0.15) is 5.76 Å². The molecular weight excluding hydrogens is 278 g/mol. The van der Waals surface area contributed by atoms with Crippen LogP contribution in [0.4, 0.5) is 0 Å². The van der Waals surface area contributed by atoms with Crippen molar-refractivity contribution in [1.29, 1.82) is 0 Å². The van der Waals surface area contributed by atoms with Gasteiger partial charge in [-0.05, 0) is 6.42 Å². The molecule has 0 spiro atoms. The zero-order valence-electron chi connectivity index (χ0n) is 14.6. The first kappa shape index (κ1) is 17.0. The van der Waals surface area contributed by atoms with Crippen LogP contribution in [0.15, 0.2) is 10.6 Å². The number of nitrogens with zero attached hydrogens (tertiary/aromatic N) is 3. The summed E-state index contributed by atoms with van der Waals surface area (Å²) in [6.07, 6.45) is 2.84. The quantitative estimate of drug-likeness (QED) is 0.861. The molecule has 0 radical (unpaired) electrons. The summed E-state index contributed by atoms with van der Waals surface area (Å²) in [5.41, 5.74) is -0.00940. The standard InChI is InChI=1S/C17H29N3O2/c1-13(2)16(21)20-8-6-7-19(9-10-20)12-15-18-11-14(22-15)17(3,4)5/h11,13H,6-10,12H2,1-5H3. The highest BCUT2D eigenvalue weighted by Gasteiger charge is 2.23. The van der Waals surface area contributed by atoms with Crippen molar-refractivity contribution in [2.75, 3.05) is 26.2 Å². The smallest absolute Gasteiger partial charge is 0.225 e. The molecule has 0 atom stereocenters. The van der Waals surface area contributed by atoms with Crippen molar-refractivity contribution in [2.24, 2.45) is 5.92 Å². The van der Waals surface area contributed by atoms with Gasteiger partial charge in [0, 0.05) is 37.5 Å². The molecule has 0 bridgehead atoms. The van der Waals surface area contributed by atoms with E-state index in [2.05, 4.69) is 30.7 Å². The van der Waals surface area contributed by atoms with Gasteiger partial charge in [0.25, 0.3) is 0 Å². The van der Waals surface area contributed by atoms with Crippen LogP contribution < -0.4 is 0 Å². The van der Waals surface area contributed by atoms with Gasteiger partial charge >= 0.3 is 0 Å². The Balaban J connectivity index is 1.92. The summed E-state index contributed by atoms with van der Waals surface area (Å²) >= 11 is 0. The van der Waals surface area contributed by atoms with Crippen molar-refractivity contribution in [3.05, 3.63) is 17.8 Å². The van der Waals surface area contributed by atoms with Crippen molar-refractivity contribution >= 4 is 5.91 Å². The molecule has 0 N–H and O–H groups in total. The maximum Gasteiger partial charge on any atom is 0.225 e. The first-order valence-electron chi connectivity index (χ1n) is 8.23. The van der Waals surface area contributed by atoms with Crippen LogP contribution in [0.5, 0.6) is 0 Å². The minimum absolute atomic E-state index is 0.00940. The number of carbonyl (C=O) groups is 1. The van der Waals surface area contributed by atoms with E-state index in [0.717, 1.165) is 50.8 Å². The fourth-order valence-corrected chi connectivity index (χ4v) is 2.64. The highest BCUT2D eigenvalue weighted by molar-refractivity contribution is 5.78. The maximum absolute atomic E-state index is 12.1. The van der Waals surface area contributed by atoms with E-state index in [1.54, 1.807) is 0 Å². The molecular formula is C17H29N3O2. The molecule has 124 valence electrons. The van der Waals surface area contributed by atoms with Crippen LogP contribution in [0.2, 0.25) is 0 Å². The zero-order valence-corrected chi connectivity index (χ0v) is 14.6. The normalized spacial score (nSPS) is 17.8. The monoisotopic (exact) mass is 307 g/mol. The van der Waals surface area contributed by atoms with E-state index in [4.69, 9.17) is 4.42 Å². The summed E-state index contributed by atoms with van der Waals surface area (Å²) in [7, 11) is 0. The molecule has 0 unspecified atom stereocenters. The van der Waals surface area contributed by atoms with Crippen LogP contribution in [-0.2, 0) is 16.8 Å². The Morgan fingerprint density at radius 1 is 1.27 bits per heavy atom. The minimum Gasteiger partial charge on any atom is -0.444 e. The lowest BCUT2D eigenvalue weighted by atomic mass is 9.94. The molecule has 1 saturated heterocycles. The molecule has 1 amide bonds. The van der Waals surface area contributed by atoms with E-state index >= 15 is 0 Å². The average molecular weight is 307 g/mol. The van der Waals surface area contributed by atoms with Gasteiger partial charge in [-0.1, -0.05) is 34.6 Å². The maximum atomic E-state index is 12.1. The van der Waals surface area contributed by atoms with Crippen LogP contribution in [0.1, 0.15) is 52.7 Å². The van der Waals surface area contributed by atoms with E-state index in [1.165, 1.54) is 0 Å². The molecule has 1 aromatic rings. The second-order valence-corrected chi connectivity index (χ2v) is 7.48. The third-order valence-corrected chi connectivity index (χ3v) is 4.05. The van der Waals surface area contributed by atoms with Gasteiger partial charge in [-0.2, -0.15) is 0 Å². The van der Waals surface area contributed by atoms with E-state index in [9.17, 15) is 4.79 Å². The summed E-state index contributed by atoms with van der Waals surface area (Å²) < 4.78 is 5.87. The third-order valence-electron chi connectivity index (χ3n) is 4.05. The number of hydrogen-bond acceptors (Lipinski definition) is 4. The van der Waals surface area contributed by atoms with Gasteiger partial charge in [-0.25, -0.2) is 4.98 Å². The van der Waals surface area contributed by atoms with Gasteiger partial charge in [0.15, 0.2) is 0 Å². The fraction of sp³-hybridized carbons (Fsp3) is 0.765. The molecule has 0 saturated carbocycles. The Hall–Kier alpha value is -1.36. The predicted octanol–water partition coefficient (Wildman–Crippen LogP) is 2.66. The van der Waals surface area contributed by atoms with E-state index in [-0.39, 0.29) is 17.2 Å². The Morgan fingerprint density at radius 3 is 2.59 bits per heavy atom. The van der Waals surface area contributed by atoms with Gasteiger partial charge in [0.2, 0.25) is 11.8 Å². The number of rotatable bonds is 3. The second kappa shape index (κ2) is 6.82. The van der Waals surface area contributed by atoms with Crippen LogP contribution in [0.25, 0.3) is 0 Å². The lowest BCUT2D eigenvalue weighted by Gasteiger charge is -2.23. The topological polar surface area (TPSA) is 49.6 Å². The first-order valence-corrected chi connectivity index (χ1v) is 8.23. The van der Waals surface area contributed by atoms with E-state index < -0.39 is 0 Å². The van der Waals surface area contributed by atoms with Crippen LogP contribution in [0, 0.1) is 5.92 Å². The molecule has 5 nitrogen and oxygen atoms in total. The molecule has 1 aromatic heterocycles. The van der Waals surface area contributed by atoms with Gasteiger partial charge < -0.3 is 9.32 Å². The Morgan fingerprint density at radius 2 is 2.00 bits per heavy atom. The largest absolute Gasteiger partial charge is 0.444 e. The summed E-state index contributed by atoms with van der Waals surface area (Å²) in [5, 5.41) is 0. The molecule has 1 aliphatic heterocycles. The van der Waals surface area contributed by atoms with Crippen molar-refractivity contribution in [3.63, 3.8) is 0 Å². The summed E-state index contributed by atoms with van der Waals surface area (Å²) in [6, 6.07) is 0. The van der Waals surface area contributed by atoms with Gasteiger partial charge in [0.05, 0.1) is 12.7 Å². The zero-order chi connectivity index (χ0) is 16.3. The SMILES string of the molecule is CC(C)C(=O)N1CCCN(Cc2ncc(C(C)(C)C)o2)CC1. The molecule has 2 heterocycles. The molecule has 1 aliphatic rings. The van der Waals surface area contributed by atoms with E-state index in [1.807, 2.05) is 24.9 Å². The van der Waals surface area contributed by atoms with Crippen molar-refractivity contribution in [1.82, 2.24) is 14.8 Å². The van der Waals surface area contributed by atoms with E-state index in [0.29, 0.717) is 0 Å². The first-order chi connectivity index (χ1) is 10.3.